The number of nitrogens with zero attached hydrogens (tertiary/aromatic N) is 1. The molecule has 0 aromatic carbocycles. The molecule has 1 heterocycles. The fourth-order valence-corrected chi connectivity index (χ4v) is 2.87. The summed E-state index contributed by atoms with van der Waals surface area (Å²) in [6, 6.07) is 1.58. The molecule has 0 aromatic rings. The number of rotatable bonds is 5. The summed E-state index contributed by atoms with van der Waals surface area (Å²) in [4.78, 5) is 2.58. The van der Waals surface area contributed by atoms with Crippen LogP contribution in [0.25, 0.3) is 0 Å². The zero-order chi connectivity index (χ0) is 10.7. The zero-order valence-electron chi connectivity index (χ0n) is 10.3. The van der Waals surface area contributed by atoms with Crippen LogP contribution in [0.15, 0.2) is 0 Å². The maximum atomic E-state index is 3.89. The van der Waals surface area contributed by atoms with Crippen molar-refractivity contribution in [1.29, 1.82) is 0 Å². The molecule has 2 rings (SSSR count). The lowest BCUT2D eigenvalue weighted by Gasteiger charge is -2.34. The van der Waals surface area contributed by atoms with Gasteiger partial charge in [0.2, 0.25) is 0 Å². The second-order valence-corrected chi connectivity index (χ2v) is 5.25. The summed E-state index contributed by atoms with van der Waals surface area (Å²) in [6.07, 6.45) is 7.02. The van der Waals surface area contributed by atoms with Gasteiger partial charge >= 0.3 is 0 Å². The van der Waals surface area contributed by atoms with E-state index in [1.807, 2.05) is 0 Å². The van der Waals surface area contributed by atoms with E-state index in [1.165, 1.54) is 51.7 Å². The monoisotopic (exact) mass is 210 g/mol. The Morgan fingerprint density at radius 3 is 2.67 bits per heavy atom. The maximum absolute atomic E-state index is 3.89. The first-order valence-electron chi connectivity index (χ1n) is 6.81. The molecule has 2 nitrogen and oxygen atoms in total. The fraction of sp³-hybridized carbons (Fsp3) is 1.00. The first kappa shape index (κ1) is 11.4. The van der Waals surface area contributed by atoms with Gasteiger partial charge in [0.15, 0.2) is 0 Å². The molecule has 2 aliphatic rings. The van der Waals surface area contributed by atoms with Gasteiger partial charge in [-0.25, -0.2) is 0 Å². The van der Waals surface area contributed by atoms with Gasteiger partial charge in [0.05, 0.1) is 0 Å². The molecule has 1 aliphatic carbocycles. The van der Waals surface area contributed by atoms with Crippen molar-refractivity contribution in [2.24, 2.45) is 5.92 Å². The van der Waals surface area contributed by atoms with E-state index in [0.717, 1.165) is 18.0 Å². The summed E-state index contributed by atoms with van der Waals surface area (Å²) >= 11 is 0. The molecular formula is C13H26N2. The quantitative estimate of drug-likeness (QED) is 0.749. The third-order valence-corrected chi connectivity index (χ3v) is 4.03. The second kappa shape index (κ2) is 5.31. The van der Waals surface area contributed by atoms with Gasteiger partial charge in [-0.1, -0.05) is 13.8 Å². The summed E-state index contributed by atoms with van der Waals surface area (Å²) in [5.74, 6) is 1.01. The molecule has 0 radical (unpaired) electrons. The van der Waals surface area contributed by atoms with E-state index >= 15 is 0 Å². The van der Waals surface area contributed by atoms with E-state index in [4.69, 9.17) is 0 Å². The molecule has 2 atom stereocenters. The van der Waals surface area contributed by atoms with Crippen LogP contribution < -0.4 is 5.32 Å². The van der Waals surface area contributed by atoms with Crippen molar-refractivity contribution in [3.05, 3.63) is 0 Å². The van der Waals surface area contributed by atoms with Crippen LogP contribution >= 0.6 is 0 Å². The van der Waals surface area contributed by atoms with Crippen molar-refractivity contribution < 1.29 is 0 Å². The lowest BCUT2D eigenvalue weighted by molar-refractivity contribution is 0.186. The maximum Gasteiger partial charge on any atom is 0.0198 e. The summed E-state index contributed by atoms with van der Waals surface area (Å²) in [7, 11) is 0. The summed E-state index contributed by atoms with van der Waals surface area (Å²) in [5, 5.41) is 3.89. The number of hydrogen-bond acceptors (Lipinski definition) is 2. The van der Waals surface area contributed by atoms with E-state index in [0.29, 0.717) is 0 Å². The van der Waals surface area contributed by atoms with Gasteiger partial charge in [0, 0.05) is 18.6 Å². The minimum absolute atomic E-state index is 0.768. The first-order valence-corrected chi connectivity index (χ1v) is 6.81. The fourth-order valence-electron chi connectivity index (χ4n) is 2.87. The predicted octanol–water partition coefficient (Wildman–Crippen LogP) is 2.25. The van der Waals surface area contributed by atoms with E-state index in [-0.39, 0.29) is 0 Å². The van der Waals surface area contributed by atoms with E-state index in [1.54, 1.807) is 0 Å². The SMILES string of the molecule is CCC(NC1CCCN(CC)C1)C1CC1. The van der Waals surface area contributed by atoms with E-state index in [2.05, 4.69) is 24.1 Å². The van der Waals surface area contributed by atoms with Crippen LogP contribution in [0.1, 0.15) is 46.0 Å². The summed E-state index contributed by atoms with van der Waals surface area (Å²) in [5.41, 5.74) is 0. The third kappa shape index (κ3) is 3.18. The Morgan fingerprint density at radius 1 is 1.27 bits per heavy atom. The minimum atomic E-state index is 0.768. The second-order valence-electron chi connectivity index (χ2n) is 5.25. The Morgan fingerprint density at radius 2 is 2.07 bits per heavy atom. The molecule has 0 amide bonds. The topological polar surface area (TPSA) is 15.3 Å². The molecule has 1 saturated carbocycles. The van der Waals surface area contributed by atoms with Crippen LogP contribution in [-0.2, 0) is 0 Å². The predicted molar refractivity (Wildman–Crippen MR) is 65.1 cm³/mol. The number of hydrogen-bond donors (Lipinski definition) is 1. The van der Waals surface area contributed by atoms with Gasteiger partial charge < -0.3 is 10.2 Å². The summed E-state index contributed by atoms with van der Waals surface area (Å²) < 4.78 is 0. The van der Waals surface area contributed by atoms with Crippen molar-refractivity contribution in [3.63, 3.8) is 0 Å². The van der Waals surface area contributed by atoms with Crippen LogP contribution in [0.3, 0.4) is 0 Å². The molecular weight excluding hydrogens is 184 g/mol. The van der Waals surface area contributed by atoms with Gasteiger partial charge in [-0.2, -0.15) is 0 Å². The highest BCUT2D eigenvalue weighted by Gasteiger charge is 2.31. The summed E-state index contributed by atoms with van der Waals surface area (Å²) in [6.45, 7) is 8.42. The van der Waals surface area contributed by atoms with Crippen molar-refractivity contribution in [2.75, 3.05) is 19.6 Å². The van der Waals surface area contributed by atoms with Crippen LogP contribution in [0.2, 0.25) is 0 Å². The lowest BCUT2D eigenvalue weighted by atomic mass is 10.0. The Hall–Kier alpha value is -0.0800. The third-order valence-electron chi connectivity index (χ3n) is 4.03. The standard InChI is InChI=1S/C13H26N2/c1-3-13(11-7-8-11)14-12-6-5-9-15(4-2)10-12/h11-14H,3-10H2,1-2H3. The number of likely N-dealkylation sites (N-methyl/N-ethyl adjacent to an activating group) is 1. The molecule has 15 heavy (non-hydrogen) atoms. The number of nitrogens with one attached hydrogen (secondary N) is 1. The first-order chi connectivity index (χ1) is 7.33. The molecule has 2 fully saturated rings. The smallest absolute Gasteiger partial charge is 0.0198 e. The van der Waals surface area contributed by atoms with Gasteiger partial charge in [-0.3, -0.25) is 0 Å². The van der Waals surface area contributed by atoms with Crippen molar-refractivity contribution in [1.82, 2.24) is 10.2 Å². The zero-order valence-corrected chi connectivity index (χ0v) is 10.3. The molecule has 1 aliphatic heterocycles. The van der Waals surface area contributed by atoms with Crippen molar-refractivity contribution in [3.8, 4) is 0 Å². The van der Waals surface area contributed by atoms with E-state index < -0.39 is 0 Å². The van der Waals surface area contributed by atoms with Crippen LogP contribution in [-0.4, -0.2) is 36.6 Å². The van der Waals surface area contributed by atoms with Gasteiger partial charge in [-0.05, 0) is 51.1 Å². The molecule has 1 N–H and O–H groups in total. The Kier molecular flexibility index (Phi) is 4.04. The van der Waals surface area contributed by atoms with Crippen LogP contribution in [0.4, 0.5) is 0 Å². The molecule has 1 saturated heterocycles. The van der Waals surface area contributed by atoms with Crippen LogP contribution in [0.5, 0.6) is 0 Å². The van der Waals surface area contributed by atoms with Gasteiger partial charge in [0.25, 0.3) is 0 Å². The number of likely N-dealkylation sites (tertiary alicyclic amines) is 1. The number of piperidine rings is 1. The highest BCUT2D eigenvalue weighted by Crippen LogP contribution is 2.34. The lowest BCUT2D eigenvalue weighted by Crippen LogP contribution is -2.49. The Bertz CT molecular complexity index is 189. The molecule has 88 valence electrons. The highest BCUT2D eigenvalue weighted by molar-refractivity contribution is 4.89. The Labute approximate surface area is 94.4 Å². The molecule has 2 unspecified atom stereocenters. The Balaban J connectivity index is 1.76. The largest absolute Gasteiger partial charge is 0.310 e. The molecule has 0 bridgehead atoms. The molecule has 0 aromatic heterocycles. The molecule has 0 spiro atoms. The van der Waals surface area contributed by atoms with Crippen molar-refractivity contribution in [2.45, 2.75) is 58.0 Å². The van der Waals surface area contributed by atoms with Gasteiger partial charge in [0.1, 0.15) is 0 Å². The van der Waals surface area contributed by atoms with Gasteiger partial charge in [-0.15, -0.1) is 0 Å². The van der Waals surface area contributed by atoms with E-state index in [9.17, 15) is 0 Å². The highest BCUT2D eigenvalue weighted by atomic mass is 15.2. The molecule has 2 heteroatoms. The minimum Gasteiger partial charge on any atom is -0.310 e. The average Bonchev–Trinajstić information content (AvgIpc) is 3.10. The average molecular weight is 210 g/mol. The van der Waals surface area contributed by atoms with Crippen molar-refractivity contribution >= 4 is 0 Å². The van der Waals surface area contributed by atoms with Crippen LogP contribution in [0, 0.1) is 5.92 Å². The normalized spacial score (nSPS) is 30.4.